The molecule has 1 aromatic carbocycles. The van der Waals surface area contributed by atoms with Crippen LogP contribution in [0.2, 0.25) is 0 Å². The highest BCUT2D eigenvalue weighted by Gasteiger charge is 2.16. The molecule has 0 N–H and O–H groups in total. The molecule has 20 heavy (non-hydrogen) atoms. The maximum atomic E-state index is 13.1. The standard InChI is InChI=1S/C15H16FNO3/c1-17(9-11-4-3-5-13(16)8-11)10-12-6-7-20-14(12)15(18)19-2/h3-8H,9-10H2,1-2H3. The van der Waals surface area contributed by atoms with Crippen LogP contribution in [0, 0.1) is 5.82 Å². The maximum Gasteiger partial charge on any atom is 0.374 e. The molecule has 2 rings (SSSR count). The van der Waals surface area contributed by atoms with Crippen LogP contribution >= 0.6 is 0 Å². The van der Waals surface area contributed by atoms with Gasteiger partial charge in [-0.1, -0.05) is 12.1 Å². The molecule has 5 heteroatoms. The quantitative estimate of drug-likeness (QED) is 0.788. The van der Waals surface area contributed by atoms with Crippen molar-refractivity contribution in [3.8, 4) is 0 Å². The minimum Gasteiger partial charge on any atom is -0.463 e. The summed E-state index contributed by atoms with van der Waals surface area (Å²) in [6.45, 7) is 1.08. The van der Waals surface area contributed by atoms with Crippen molar-refractivity contribution in [1.29, 1.82) is 0 Å². The summed E-state index contributed by atoms with van der Waals surface area (Å²) in [4.78, 5) is 13.5. The molecule has 0 bridgehead atoms. The third-order valence-electron chi connectivity index (χ3n) is 2.90. The molecule has 106 valence electrons. The molecular formula is C15H16FNO3. The van der Waals surface area contributed by atoms with Crippen LogP contribution in [0.3, 0.4) is 0 Å². The van der Waals surface area contributed by atoms with Gasteiger partial charge in [0.25, 0.3) is 0 Å². The fraction of sp³-hybridized carbons (Fsp3) is 0.267. The summed E-state index contributed by atoms with van der Waals surface area (Å²) >= 11 is 0. The SMILES string of the molecule is COC(=O)c1occc1CN(C)Cc1cccc(F)c1. The van der Waals surface area contributed by atoms with Crippen LogP contribution in [0.25, 0.3) is 0 Å². The second-order valence-corrected chi connectivity index (χ2v) is 4.57. The Morgan fingerprint density at radius 2 is 2.15 bits per heavy atom. The molecule has 0 aliphatic heterocycles. The van der Waals surface area contributed by atoms with Gasteiger partial charge >= 0.3 is 5.97 Å². The first kappa shape index (κ1) is 14.3. The van der Waals surface area contributed by atoms with E-state index in [0.717, 1.165) is 11.1 Å². The number of rotatable bonds is 5. The van der Waals surface area contributed by atoms with Crippen LogP contribution in [-0.2, 0) is 17.8 Å². The van der Waals surface area contributed by atoms with E-state index in [-0.39, 0.29) is 11.6 Å². The van der Waals surface area contributed by atoms with Crippen LogP contribution in [0.4, 0.5) is 4.39 Å². The molecule has 4 nitrogen and oxygen atoms in total. The van der Waals surface area contributed by atoms with Crippen LogP contribution in [0.5, 0.6) is 0 Å². The lowest BCUT2D eigenvalue weighted by Gasteiger charge is -2.16. The normalized spacial score (nSPS) is 10.8. The van der Waals surface area contributed by atoms with Crippen molar-refractivity contribution in [3.63, 3.8) is 0 Å². The number of furan rings is 1. The Kier molecular flexibility index (Phi) is 4.53. The molecule has 0 unspecified atom stereocenters. The lowest BCUT2D eigenvalue weighted by molar-refractivity contribution is 0.0562. The van der Waals surface area contributed by atoms with E-state index in [1.54, 1.807) is 12.1 Å². The van der Waals surface area contributed by atoms with Crippen molar-refractivity contribution in [2.24, 2.45) is 0 Å². The molecule has 1 heterocycles. The minimum absolute atomic E-state index is 0.207. The largest absolute Gasteiger partial charge is 0.463 e. The zero-order valence-corrected chi connectivity index (χ0v) is 11.4. The maximum absolute atomic E-state index is 13.1. The van der Waals surface area contributed by atoms with E-state index in [2.05, 4.69) is 4.74 Å². The molecule has 0 spiro atoms. The fourth-order valence-corrected chi connectivity index (χ4v) is 2.03. The summed E-state index contributed by atoms with van der Waals surface area (Å²) < 4.78 is 22.9. The number of ether oxygens (including phenoxy) is 1. The Balaban J connectivity index is 2.03. The lowest BCUT2D eigenvalue weighted by Crippen LogP contribution is -2.18. The third-order valence-corrected chi connectivity index (χ3v) is 2.90. The van der Waals surface area contributed by atoms with E-state index >= 15 is 0 Å². The van der Waals surface area contributed by atoms with E-state index in [0.29, 0.717) is 13.1 Å². The summed E-state index contributed by atoms with van der Waals surface area (Å²) in [6.07, 6.45) is 1.46. The van der Waals surface area contributed by atoms with E-state index in [9.17, 15) is 9.18 Å². The van der Waals surface area contributed by atoms with Crippen LogP contribution < -0.4 is 0 Å². The van der Waals surface area contributed by atoms with Gasteiger partial charge in [0.1, 0.15) is 5.82 Å². The van der Waals surface area contributed by atoms with Crippen LogP contribution in [0.1, 0.15) is 21.7 Å². The lowest BCUT2D eigenvalue weighted by atomic mass is 10.2. The summed E-state index contributed by atoms with van der Waals surface area (Å²) in [7, 11) is 3.20. The average molecular weight is 277 g/mol. The second-order valence-electron chi connectivity index (χ2n) is 4.57. The van der Waals surface area contributed by atoms with Crippen LogP contribution in [0.15, 0.2) is 41.0 Å². The molecular weight excluding hydrogens is 261 g/mol. The summed E-state index contributed by atoms with van der Waals surface area (Å²) in [5.74, 6) is -0.544. The summed E-state index contributed by atoms with van der Waals surface area (Å²) in [6, 6.07) is 8.17. The van der Waals surface area contributed by atoms with Gasteiger partial charge in [-0.3, -0.25) is 4.90 Å². The van der Waals surface area contributed by atoms with Gasteiger partial charge in [-0.2, -0.15) is 0 Å². The number of hydrogen-bond donors (Lipinski definition) is 0. The summed E-state index contributed by atoms with van der Waals surface area (Å²) in [5, 5.41) is 0. The number of hydrogen-bond acceptors (Lipinski definition) is 4. The van der Waals surface area contributed by atoms with Crippen molar-refractivity contribution >= 4 is 5.97 Å². The van der Waals surface area contributed by atoms with E-state index in [1.165, 1.54) is 25.5 Å². The van der Waals surface area contributed by atoms with Crippen LogP contribution in [-0.4, -0.2) is 25.0 Å². The first-order valence-corrected chi connectivity index (χ1v) is 6.18. The molecule has 0 saturated heterocycles. The highest BCUT2D eigenvalue weighted by atomic mass is 19.1. The van der Waals surface area contributed by atoms with Gasteiger partial charge in [0.2, 0.25) is 5.76 Å². The molecule has 0 aliphatic rings. The second kappa shape index (κ2) is 6.34. The van der Waals surface area contributed by atoms with Crippen molar-refractivity contribution in [2.75, 3.05) is 14.2 Å². The number of carbonyl (C=O) groups is 1. The van der Waals surface area contributed by atoms with Crippen molar-refractivity contribution in [2.45, 2.75) is 13.1 Å². The Bertz CT molecular complexity index is 594. The highest BCUT2D eigenvalue weighted by molar-refractivity contribution is 5.87. The Morgan fingerprint density at radius 1 is 1.35 bits per heavy atom. The number of esters is 1. The van der Waals surface area contributed by atoms with Crippen molar-refractivity contribution < 1.29 is 18.3 Å². The molecule has 0 radical (unpaired) electrons. The third kappa shape index (κ3) is 3.45. The van der Waals surface area contributed by atoms with Crippen molar-refractivity contribution in [1.82, 2.24) is 4.90 Å². The molecule has 0 atom stereocenters. The first-order chi connectivity index (χ1) is 9.60. The highest BCUT2D eigenvalue weighted by Crippen LogP contribution is 2.15. The zero-order valence-electron chi connectivity index (χ0n) is 11.4. The Labute approximate surface area is 116 Å². The fourth-order valence-electron chi connectivity index (χ4n) is 2.03. The van der Waals surface area contributed by atoms with E-state index in [1.807, 2.05) is 18.0 Å². The molecule has 1 aromatic heterocycles. The molecule has 0 amide bonds. The predicted molar refractivity (Wildman–Crippen MR) is 71.6 cm³/mol. The number of benzene rings is 1. The molecule has 0 fully saturated rings. The monoisotopic (exact) mass is 277 g/mol. The van der Waals surface area contributed by atoms with Crippen molar-refractivity contribution in [3.05, 3.63) is 59.3 Å². The Hall–Kier alpha value is -2.14. The average Bonchev–Trinajstić information content (AvgIpc) is 2.85. The smallest absolute Gasteiger partial charge is 0.374 e. The molecule has 0 aliphatic carbocycles. The van der Waals surface area contributed by atoms with E-state index < -0.39 is 5.97 Å². The van der Waals surface area contributed by atoms with Gasteiger partial charge in [0, 0.05) is 18.7 Å². The molecule has 2 aromatic rings. The van der Waals surface area contributed by atoms with Gasteiger partial charge in [-0.15, -0.1) is 0 Å². The number of halogens is 1. The Morgan fingerprint density at radius 3 is 2.85 bits per heavy atom. The predicted octanol–water partition coefficient (Wildman–Crippen LogP) is 2.84. The topological polar surface area (TPSA) is 42.7 Å². The first-order valence-electron chi connectivity index (χ1n) is 6.18. The van der Waals surface area contributed by atoms with E-state index in [4.69, 9.17) is 4.42 Å². The zero-order chi connectivity index (χ0) is 14.5. The molecule has 0 saturated carbocycles. The minimum atomic E-state index is -0.496. The number of nitrogens with zero attached hydrogens (tertiary/aromatic N) is 1. The van der Waals surface area contributed by atoms with Gasteiger partial charge in [0.15, 0.2) is 0 Å². The van der Waals surface area contributed by atoms with Gasteiger partial charge < -0.3 is 9.15 Å². The number of carbonyl (C=O) groups excluding carboxylic acids is 1. The summed E-state index contributed by atoms with van der Waals surface area (Å²) in [5.41, 5.74) is 1.62. The van der Waals surface area contributed by atoms with Gasteiger partial charge in [-0.05, 0) is 30.8 Å². The number of methoxy groups -OCH3 is 1. The van der Waals surface area contributed by atoms with Gasteiger partial charge in [0.05, 0.1) is 13.4 Å². The van der Waals surface area contributed by atoms with Gasteiger partial charge in [-0.25, -0.2) is 9.18 Å².